The number of hydrogen-bond acceptors (Lipinski definition) is 3. The summed E-state index contributed by atoms with van der Waals surface area (Å²) in [5.41, 5.74) is 9.95. The lowest BCUT2D eigenvalue weighted by atomic mass is 9.92. The first-order valence-electron chi connectivity index (χ1n) is 27.2. The van der Waals surface area contributed by atoms with E-state index in [0.29, 0.717) is 23.9 Å². The summed E-state index contributed by atoms with van der Waals surface area (Å²) in [6.45, 7) is 0. The Labute approximate surface area is 456 Å². The second kappa shape index (κ2) is 18.2. The van der Waals surface area contributed by atoms with E-state index in [0.717, 1.165) is 27.8 Å². The predicted molar refractivity (Wildman–Crippen MR) is 334 cm³/mol. The quantitative estimate of drug-likeness (QED) is 0.149. The van der Waals surface area contributed by atoms with Crippen LogP contribution in [0.4, 0.5) is 0 Å². The molecule has 0 fully saturated rings. The molecule has 0 bridgehead atoms. The molecule has 15 aromatic carbocycles. The lowest BCUT2D eigenvalue weighted by Crippen LogP contribution is -2.04. The molecular weight excluding hydrogens is 955 g/mol. The molecule has 366 valence electrons. The second-order valence-corrected chi connectivity index (χ2v) is 21.0. The van der Waals surface area contributed by atoms with Crippen molar-refractivity contribution < 1.29 is 0 Å². The molecule has 0 saturated carbocycles. The predicted octanol–water partition coefficient (Wildman–Crippen LogP) is 20.2. The topological polar surface area (TPSA) is 38.7 Å². The van der Waals surface area contributed by atoms with Crippen LogP contribution >= 0.6 is 0 Å². The molecule has 0 amide bonds. The molecule has 1 heterocycles. The molecule has 0 aliphatic rings. The largest absolute Gasteiger partial charge is 0.213 e. The smallest absolute Gasteiger partial charge is 0.163 e. The summed E-state index contributed by atoms with van der Waals surface area (Å²) in [7, 11) is 0. The zero-order valence-electron chi connectivity index (χ0n) is 43.0. The molecule has 3 nitrogen and oxygen atoms in total. The minimum absolute atomic E-state index is 0.548. The third-order valence-electron chi connectivity index (χ3n) is 16.5. The Kier molecular flexibility index (Phi) is 10.3. The summed E-state index contributed by atoms with van der Waals surface area (Å²) in [5, 5.41) is 22.9. The van der Waals surface area contributed by atoms with Gasteiger partial charge in [0.15, 0.2) is 11.6 Å². The van der Waals surface area contributed by atoms with Gasteiger partial charge in [0, 0.05) is 17.5 Å². The van der Waals surface area contributed by atoms with Crippen molar-refractivity contribution in [2.75, 3.05) is 0 Å². The zero-order chi connectivity index (χ0) is 52.0. The van der Waals surface area contributed by atoms with Crippen molar-refractivity contribution in [3.63, 3.8) is 0 Å². The average Bonchev–Trinajstić information content (AvgIpc) is 3.62. The van der Waals surface area contributed by atoms with E-state index in [1.807, 2.05) is 0 Å². The highest BCUT2D eigenvalue weighted by Gasteiger charge is 2.16. The average molecular weight is 1000 g/mol. The fraction of sp³-hybridized carbons (Fsp3) is 0.0132. The number of hydrogen-bond donors (Lipinski definition) is 0. The first kappa shape index (κ1) is 44.9. The highest BCUT2D eigenvalue weighted by atomic mass is 15.0. The summed E-state index contributed by atoms with van der Waals surface area (Å²) >= 11 is 0. The number of rotatable bonds is 7. The Balaban J connectivity index is 0.761. The fourth-order valence-electron chi connectivity index (χ4n) is 12.6. The summed E-state index contributed by atoms with van der Waals surface area (Å²) < 4.78 is 0. The molecule has 3 heteroatoms. The van der Waals surface area contributed by atoms with E-state index in [2.05, 4.69) is 273 Å². The van der Waals surface area contributed by atoms with Crippen molar-refractivity contribution in [3.8, 4) is 56.2 Å². The lowest BCUT2D eigenvalue weighted by molar-refractivity contribution is 0.933. The minimum atomic E-state index is 0.548. The fourth-order valence-corrected chi connectivity index (χ4v) is 12.6. The first-order valence-corrected chi connectivity index (χ1v) is 27.2. The Morgan fingerprint density at radius 1 is 0.177 bits per heavy atom. The van der Waals surface area contributed by atoms with Crippen molar-refractivity contribution in [2.24, 2.45) is 0 Å². The van der Waals surface area contributed by atoms with Gasteiger partial charge >= 0.3 is 0 Å². The monoisotopic (exact) mass is 1000 g/mol. The normalized spacial score (nSPS) is 11.8. The van der Waals surface area contributed by atoms with E-state index in [1.165, 1.54) is 119 Å². The summed E-state index contributed by atoms with van der Waals surface area (Å²) in [6, 6.07) is 99.5. The molecule has 0 unspecified atom stereocenters. The molecule has 0 saturated heterocycles. The third-order valence-corrected chi connectivity index (χ3v) is 16.5. The van der Waals surface area contributed by atoms with Gasteiger partial charge in [0.1, 0.15) is 5.82 Å². The van der Waals surface area contributed by atoms with Gasteiger partial charge in [-0.2, -0.15) is 0 Å². The van der Waals surface area contributed by atoms with Gasteiger partial charge in [-0.25, -0.2) is 15.0 Å². The Morgan fingerprint density at radius 3 is 0.671 bits per heavy atom. The molecule has 0 N–H and O–H groups in total. The van der Waals surface area contributed by atoms with Crippen molar-refractivity contribution in [3.05, 3.63) is 284 Å². The van der Waals surface area contributed by atoms with E-state index >= 15 is 0 Å². The van der Waals surface area contributed by atoms with Crippen LogP contribution in [0, 0.1) is 0 Å². The van der Waals surface area contributed by atoms with Gasteiger partial charge in [0.2, 0.25) is 0 Å². The van der Waals surface area contributed by atoms with Gasteiger partial charge in [-0.1, -0.05) is 255 Å². The molecular formula is C76H47N3. The van der Waals surface area contributed by atoms with Crippen LogP contribution in [-0.2, 0) is 6.42 Å². The molecule has 0 atom stereocenters. The van der Waals surface area contributed by atoms with E-state index in [-0.39, 0.29) is 0 Å². The molecule has 0 aliphatic carbocycles. The molecule has 0 radical (unpaired) electrons. The van der Waals surface area contributed by atoms with Crippen molar-refractivity contribution in [1.29, 1.82) is 0 Å². The maximum atomic E-state index is 5.23. The van der Waals surface area contributed by atoms with Gasteiger partial charge in [-0.15, -0.1) is 0 Å². The third kappa shape index (κ3) is 7.54. The summed E-state index contributed by atoms with van der Waals surface area (Å²) in [6.07, 6.45) is 0.548. The van der Waals surface area contributed by atoms with E-state index in [9.17, 15) is 0 Å². The number of aromatic nitrogens is 3. The number of nitrogens with zero attached hydrogens (tertiary/aromatic N) is 3. The van der Waals surface area contributed by atoms with Gasteiger partial charge in [0.25, 0.3) is 0 Å². The molecule has 16 aromatic rings. The van der Waals surface area contributed by atoms with E-state index in [4.69, 9.17) is 15.0 Å². The Hall–Kier alpha value is -10.4. The van der Waals surface area contributed by atoms with Crippen LogP contribution in [0.25, 0.3) is 153 Å². The van der Waals surface area contributed by atoms with Crippen LogP contribution in [0.2, 0.25) is 0 Å². The summed E-state index contributed by atoms with van der Waals surface area (Å²) in [4.78, 5) is 15.7. The molecule has 0 aliphatic heterocycles. The van der Waals surface area contributed by atoms with Crippen molar-refractivity contribution in [1.82, 2.24) is 15.0 Å². The standard InChI is InChI=1S/C76H47N3/c1-4-19-62-56(13-1)59-16-7-10-22-65(59)71-44-53(37-40-68(62)71)48-27-25-47(26-28-48)43-74-77-75(51-33-29-49(30-34-51)54-38-41-69-63-20-5-2-14-57(63)60-17-8-11-23-66(60)72(69)45-54)79-76(78-74)52-35-31-50(32-36-52)55-39-42-70-64-21-6-3-15-58(64)61-18-9-12-24-67(61)73(70)46-55/h1-42,44-46H,43H2. The van der Waals surface area contributed by atoms with Gasteiger partial charge < -0.3 is 0 Å². The SMILES string of the molecule is c1ccc2c(c1)c1ccccc1c1cc(-c3ccc(Cc4nc(-c5ccc(-c6ccc7c8ccccc8c8ccccc8c7c6)cc5)nc(-c5ccc(-c6ccc7c8ccccc8c8ccccc8c7c6)cc5)n4)cc3)ccc21. The van der Waals surface area contributed by atoms with Crippen LogP contribution in [0.1, 0.15) is 11.4 Å². The first-order chi connectivity index (χ1) is 39.1. The van der Waals surface area contributed by atoms with Crippen LogP contribution in [-0.4, -0.2) is 15.0 Å². The van der Waals surface area contributed by atoms with Crippen molar-refractivity contribution in [2.45, 2.75) is 6.42 Å². The van der Waals surface area contributed by atoms with Crippen LogP contribution < -0.4 is 0 Å². The van der Waals surface area contributed by atoms with Crippen LogP contribution in [0.5, 0.6) is 0 Å². The van der Waals surface area contributed by atoms with Gasteiger partial charge in [0.05, 0.1) is 0 Å². The maximum absolute atomic E-state index is 5.23. The zero-order valence-corrected chi connectivity index (χ0v) is 43.0. The molecule has 16 rings (SSSR count). The second-order valence-electron chi connectivity index (χ2n) is 21.0. The molecule has 0 spiro atoms. The van der Waals surface area contributed by atoms with Crippen molar-refractivity contribution >= 4 is 97.0 Å². The van der Waals surface area contributed by atoms with Gasteiger partial charge in [-0.3, -0.25) is 0 Å². The highest BCUT2D eigenvalue weighted by Crippen LogP contribution is 2.41. The number of benzene rings is 15. The molecule has 79 heavy (non-hydrogen) atoms. The van der Waals surface area contributed by atoms with E-state index in [1.54, 1.807) is 0 Å². The molecule has 1 aromatic heterocycles. The van der Waals surface area contributed by atoms with Gasteiger partial charge in [-0.05, 0) is 154 Å². The minimum Gasteiger partial charge on any atom is -0.213 e. The number of fused-ring (bicyclic) bond motifs is 18. The van der Waals surface area contributed by atoms with E-state index < -0.39 is 0 Å². The lowest BCUT2D eigenvalue weighted by Gasteiger charge is -2.13. The Bertz CT molecular complexity index is 4810. The Morgan fingerprint density at radius 2 is 0.392 bits per heavy atom. The van der Waals surface area contributed by atoms with Crippen LogP contribution in [0.15, 0.2) is 273 Å². The highest BCUT2D eigenvalue weighted by molar-refractivity contribution is 6.28. The summed E-state index contributed by atoms with van der Waals surface area (Å²) in [5.74, 6) is 2.01. The maximum Gasteiger partial charge on any atom is 0.163 e. The van der Waals surface area contributed by atoms with Crippen LogP contribution in [0.3, 0.4) is 0 Å².